The highest BCUT2D eigenvalue weighted by atomic mass is 16.5. The lowest BCUT2D eigenvalue weighted by molar-refractivity contribution is -0.140. The number of aliphatic imine (C=N–C) groups is 1. The summed E-state index contributed by atoms with van der Waals surface area (Å²) in [7, 11) is 1.41. The number of carbonyl (C=O) groups excluding carboxylic acids is 1. The third-order valence-electron chi connectivity index (χ3n) is 1.75. The standard InChI is InChI=1S/C11H21NO2/c1-9(6-7-10(13)14-5)8-12-11(2,3)4/h8-9H,6-7H2,1-5H3. The van der Waals surface area contributed by atoms with Crippen LogP contribution in [0.15, 0.2) is 4.99 Å². The van der Waals surface area contributed by atoms with E-state index in [0.29, 0.717) is 12.3 Å². The van der Waals surface area contributed by atoms with Crippen molar-refractivity contribution in [1.29, 1.82) is 0 Å². The minimum absolute atomic E-state index is 0.0282. The van der Waals surface area contributed by atoms with E-state index in [4.69, 9.17) is 0 Å². The Bertz CT molecular complexity index is 204. The van der Waals surface area contributed by atoms with E-state index in [-0.39, 0.29) is 11.5 Å². The van der Waals surface area contributed by atoms with Gasteiger partial charge in [-0.3, -0.25) is 9.79 Å². The second-order valence-corrected chi connectivity index (χ2v) is 4.54. The predicted octanol–water partition coefficient (Wildman–Crippen LogP) is 2.45. The zero-order chi connectivity index (χ0) is 11.2. The normalized spacial score (nSPS) is 14.4. The minimum atomic E-state index is -0.152. The maximum atomic E-state index is 10.9. The van der Waals surface area contributed by atoms with Gasteiger partial charge < -0.3 is 4.74 Å². The van der Waals surface area contributed by atoms with Crippen LogP contribution >= 0.6 is 0 Å². The van der Waals surface area contributed by atoms with Gasteiger partial charge in [0, 0.05) is 12.6 Å². The lowest BCUT2D eigenvalue weighted by Crippen LogP contribution is -2.12. The molecule has 1 unspecified atom stereocenters. The number of rotatable bonds is 4. The van der Waals surface area contributed by atoms with Crippen LogP contribution in [0.3, 0.4) is 0 Å². The quantitative estimate of drug-likeness (QED) is 0.515. The van der Waals surface area contributed by atoms with Crippen LogP contribution in [0.4, 0.5) is 0 Å². The molecule has 3 heteroatoms. The molecule has 0 fully saturated rings. The molecule has 0 aromatic heterocycles. The van der Waals surface area contributed by atoms with Crippen LogP contribution in [-0.4, -0.2) is 24.8 Å². The Hall–Kier alpha value is -0.860. The maximum Gasteiger partial charge on any atom is 0.305 e. The first kappa shape index (κ1) is 13.1. The molecule has 0 aliphatic heterocycles. The first-order valence-electron chi connectivity index (χ1n) is 4.97. The van der Waals surface area contributed by atoms with E-state index in [1.807, 2.05) is 6.21 Å². The van der Waals surface area contributed by atoms with Gasteiger partial charge in [-0.1, -0.05) is 6.92 Å². The molecule has 82 valence electrons. The third-order valence-corrected chi connectivity index (χ3v) is 1.75. The molecule has 1 atom stereocenters. The summed E-state index contributed by atoms with van der Waals surface area (Å²) in [5.41, 5.74) is -0.0282. The molecule has 14 heavy (non-hydrogen) atoms. The second kappa shape index (κ2) is 5.78. The highest BCUT2D eigenvalue weighted by Gasteiger charge is 2.08. The largest absolute Gasteiger partial charge is 0.469 e. The molecule has 0 spiro atoms. The van der Waals surface area contributed by atoms with Crippen LogP contribution < -0.4 is 0 Å². The number of nitrogens with zero attached hydrogens (tertiary/aromatic N) is 1. The number of ether oxygens (including phenoxy) is 1. The molecule has 0 saturated carbocycles. The van der Waals surface area contributed by atoms with Crippen LogP contribution in [-0.2, 0) is 9.53 Å². The van der Waals surface area contributed by atoms with Crippen molar-refractivity contribution in [3.63, 3.8) is 0 Å². The summed E-state index contributed by atoms with van der Waals surface area (Å²) >= 11 is 0. The minimum Gasteiger partial charge on any atom is -0.469 e. The molecule has 0 heterocycles. The van der Waals surface area contributed by atoms with Crippen LogP contribution in [0, 0.1) is 5.92 Å². The van der Waals surface area contributed by atoms with Crippen molar-refractivity contribution < 1.29 is 9.53 Å². The Labute approximate surface area is 86.6 Å². The third kappa shape index (κ3) is 7.77. The van der Waals surface area contributed by atoms with Gasteiger partial charge >= 0.3 is 5.97 Å². The van der Waals surface area contributed by atoms with E-state index < -0.39 is 0 Å². The summed E-state index contributed by atoms with van der Waals surface area (Å²) in [6.45, 7) is 8.21. The van der Waals surface area contributed by atoms with E-state index in [1.54, 1.807) is 0 Å². The SMILES string of the molecule is COC(=O)CCC(C)C=NC(C)(C)C. The summed E-state index contributed by atoms with van der Waals surface area (Å²) in [6.07, 6.45) is 3.18. The summed E-state index contributed by atoms with van der Waals surface area (Å²) in [4.78, 5) is 15.2. The average molecular weight is 199 g/mol. The fourth-order valence-electron chi connectivity index (χ4n) is 0.873. The molecule has 0 aromatic rings. The Morgan fingerprint density at radius 1 is 1.50 bits per heavy atom. The first-order chi connectivity index (χ1) is 6.35. The smallest absolute Gasteiger partial charge is 0.305 e. The molecule has 0 bridgehead atoms. The number of esters is 1. The zero-order valence-electron chi connectivity index (χ0n) is 9.83. The molecule has 0 N–H and O–H groups in total. The second-order valence-electron chi connectivity index (χ2n) is 4.54. The first-order valence-corrected chi connectivity index (χ1v) is 4.97. The van der Waals surface area contributed by atoms with Gasteiger partial charge in [0.25, 0.3) is 0 Å². The summed E-state index contributed by atoms with van der Waals surface area (Å²) < 4.78 is 4.56. The molecular weight excluding hydrogens is 178 g/mol. The monoisotopic (exact) mass is 199 g/mol. The topological polar surface area (TPSA) is 38.7 Å². The van der Waals surface area contributed by atoms with E-state index >= 15 is 0 Å². The van der Waals surface area contributed by atoms with Crippen molar-refractivity contribution in [3.8, 4) is 0 Å². The van der Waals surface area contributed by atoms with Crippen molar-refractivity contribution in [2.75, 3.05) is 7.11 Å². The van der Waals surface area contributed by atoms with Crippen molar-refractivity contribution in [2.24, 2.45) is 10.9 Å². The van der Waals surface area contributed by atoms with E-state index in [9.17, 15) is 4.79 Å². The van der Waals surface area contributed by atoms with Gasteiger partial charge in [-0.2, -0.15) is 0 Å². The molecule has 0 aliphatic carbocycles. The van der Waals surface area contributed by atoms with Gasteiger partial charge in [0.15, 0.2) is 0 Å². The molecule has 0 aliphatic rings. The van der Waals surface area contributed by atoms with Crippen molar-refractivity contribution in [3.05, 3.63) is 0 Å². The molecule has 0 rings (SSSR count). The van der Waals surface area contributed by atoms with Gasteiger partial charge in [-0.25, -0.2) is 0 Å². The zero-order valence-corrected chi connectivity index (χ0v) is 9.83. The number of hydrogen-bond acceptors (Lipinski definition) is 3. The molecule has 3 nitrogen and oxygen atoms in total. The average Bonchev–Trinajstić information content (AvgIpc) is 2.09. The summed E-state index contributed by atoms with van der Waals surface area (Å²) in [5, 5.41) is 0. The molecule has 0 amide bonds. The summed E-state index contributed by atoms with van der Waals surface area (Å²) in [5.74, 6) is 0.175. The fraction of sp³-hybridized carbons (Fsp3) is 0.818. The lowest BCUT2D eigenvalue weighted by Gasteiger charge is -2.12. The Morgan fingerprint density at radius 2 is 2.07 bits per heavy atom. The number of hydrogen-bond donors (Lipinski definition) is 0. The molecule has 0 radical (unpaired) electrons. The van der Waals surface area contributed by atoms with E-state index in [1.165, 1.54) is 7.11 Å². The van der Waals surface area contributed by atoms with E-state index in [0.717, 1.165) is 6.42 Å². The Kier molecular flexibility index (Phi) is 5.43. The number of carbonyl (C=O) groups is 1. The van der Waals surface area contributed by atoms with Crippen LogP contribution in [0.2, 0.25) is 0 Å². The van der Waals surface area contributed by atoms with Crippen molar-refractivity contribution in [1.82, 2.24) is 0 Å². The molecule has 0 aromatic carbocycles. The Balaban J connectivity index is 3.81. The fourth-order valence-corrected chi connectivity index (χ4v) is 0.873. The van der Waals surface area contributed by atoms with Gasteiger partial charge in [0.05, 0.1) is 12.6 Å². The van der Waals surface area contributed by atoms with Gasteiger partial charge in [-0.15, -0.1) is 0 Å². The molecular formula is C11H21NO2. The van der Waals surface area contributed by atoms with Gasteiger partial charge in [-0.05, 0) is 33.1 Å². The number of methoxy groups -OCH3 is 1. The van der Waals surface area contributed by atoms with E-state index in [2.05, 4.69) is 37.4 Å². The van der Waals surface area contributed by atoms with Crippen molar-refractivity contribution in [2.45, 2.75) is 46.1 Å². The summed E-state index contributed by atoms with van der Waals surface area (Å²) in [6, 6.07) is 0. The highest BCUT2D eigenvalue weighted by Crippen LogP contribution is 2.09. The van der Waals surface area contributed by atoms with Gasteiger partial charge in [0.2, 0.25) is 0 Å². The van der Waals surface area contributed by atoms with Crippen LogP contribution in [0.1, 0.15) is 40.5 Å². The van der Waals surface area contributed by atoms with Gasteiger partial charge in [0.1, 0.15) is 0 Å². The van der Waals surface area contributed by atoms with Crippen molar-refractivity contribution >= 4 is 12.2 Å². The van der Waals surface area contributed by atoms with Crippen LogP contribution in [0.25, 0.3) is 0 Å². The lowest BCUT2D eigenvalue weighted by atomic mass is 10.1. The van der Waals surface area contributed by atoms with Crippen LogP contribution in [0.5, 0.6) is 0 Å². The Morgan fingerprint density at radius 3 is 2.50 bits per heavy atom. The highest BCUT2D eigenvalue weighted by molar-refractivity contribution is 5.70. The maximum absolute atomic E-state index is 10.9. The molecule has 0 saturated heterocycles. The predicted molar refractivity (Wildman–Crippen MR) is 58.7 cm³/mol.